The minimum atomic E-state index is -0.728. The minimum absolute atomic E-state index is 0.0363. The number of hydrogen-bond acceptors (Lipinski definition) is 4. The summed E-state index contributed by atoms with van der Waals surface area (Å²) in [6, 6.07) is 13.2. The van der Waals surface area contributed by atoms with E-state index in [1.54, 1.807) is 17.0 Å². The summed E-state index contributed by atoms with van der Waals surface area (Å²) in [6.45, 7) is 1.62. The van der Waals surface area contributed by atoms with Gasteiger partial charge in [-0.25, -0.2) is 9.59 Å². The molecule has 0 bridgehead atoms. The Morgan fingerprint density at radius 1 is 1.19 bits per heavy atom. The van der Waals surface area contributed by atoms with Crippen LogP contribution in [0.2, 0.25) is 0 Å². The first-order chi connectivity index (χ1) is 13.0. The van der Waals surface area contributed by atoms with Gasteiger partial charge in [-0.3, -0.25) is 4.79 Å². The summed E-state index contributed by atoms with van der Waals surface area (Å²) in [7, 11) is 0. The molecule has 0 saturated heterocycles. The average molecular weight is 367 g/mol. The van der Waals surface area contributed by atoms with E-state index >= 15 is 0 Å². The number of nitrogens with two attached hydrogens (primary N) is 1. The summed E-state index contributed by atoms with van der Waals surface area (Å²) in [4.78, 5) is 37.6. The van der Waals surface area contributed by atoms with E-state index in [1.807, 2.05) is 31.2 Å². The van der Waals surface area contributed by atoms with Crippen LogP contribution in [0.5, 0.6) is 0 Å². The highest BCUT2D eigenvalue weighted by Crippen LogP contribution is 2.30. The molecular weight excluding hydrogens is 346 g/mol. The van der Waals surface area contributed by atoms with Gasteiger partial charge in [-0.1, -0.05) is 24.3 Å². The zero-order chi connectivity index (χ0) is 19.4. The lowest BCUT2D eigenvalue weighted by Crippen LogP contribution is -2.44. The number of nitrogens with one attached hydrogen (secondary N) is 1. The number of esters is 1. The van der Waals surface area contributed by atoms with Crippen molar-refractivity contribution in [3.63, 3.8) is 0 Å². The van der Waals surface area contributed by atoms with Crippen LogP contribution in [0.4, 0.5) is 16.2 Å². The lowest BCUT2D eigenvalue weighted by atomic mass is 9.96. The molecule has 2 aromatic rings. The Bertz CT molecular complexity index is 881. The number of anilines is 2. The molecule has 7 heteroatoms. The highest BCUT2D eigenvalue weighted by atomic mass is 16.5. The van der Waals surface area contributed by atoms with Crippen molar-refractivity contribution in [1.82, 2.24) is 0 Å². The number of aryl methyl sites for hydroxylation is 1. The van der Waals surface area contributed by atoms with Crippen molar-refractivity contribution in [2.75, 3.05) is 16.8 Å². The van der Waals surface area contributed by atoms with Gasteiger partial charge in [0.05, 0.1) is 5.56 Å². The van der Waals surface area contributed by atoms with Gasteiger partial charge in [0.1, 0.15) is 0 Å². The molecule has 1 aliphatic rings. The van der Waals surface area contributed by atoms with Crippen LogP contribution in [0.25, 0.3) is 0 Å². The number of hydrogen-bond donors (Lipinski definition) is 2. The van der Waals surface area contributed by atoms with Crippen molar-refractivity contribution in [2.45, 2.75) is 25.8 Å². The van der Waals surface area contributed by atoms with Gasteiger partial charge in [0.15, 0.2) is 6.61 Å². The molecule has 0 unspecified atom stereocenters. The van der Waals surface area contributed by atoms with Crippen LogP contribution in [0.15, 0.2) is 48.5 Å². The molecule has 0 aromatic heterocycles. The molecular formula is C20H21N3O4. The Kier molecular flexibility index (Phi) is 5.40. The molecule has 3 rings (SSSR count). The van der Waals surface area contributed by atoms with Crippen LogP contribution in [-0.2, 0) is 16.0 Å². The molecule has 3 N–H and O–H groups in total. The Labute approximate surface area is 157 Å². The molecule has 27 heavy (non-hydrogen) atoms. The molecule has 0 aliphatic carbocycles. The predicted octanol–water partition coefficient (Wildman–Crippen LogP) is 2.70. The molecule has 1 aliphatic heterocycles. The van der Waals surface area contributed by atoms with E-state index in [1.165, 1.54) is 12.1 Å². The SMILES string of the molecule is C[C@H]1CCc2ccccc2N1C(=O)COC(=O)c1cccc(NC(N)=O)c1. The maximum atomic E-state index is 12.7. The number of para-hydroxylation sites is 1. The fourth-order valence-corrected chi connectivity index (χ4v) is 3.21. The zero-order valence-corrected chi connectivity index (χ0v) is 15.0. The van der Waals surface area contributed by atoms with E-state index in [-0.39, 0.29) is 24.1 Å². The Balaban J connectivity index is 1.67. The van der Waals surface area contributed by atoms with Gasteiger partial charge in [0.2, 0.25) is 0 Å². The summed E-state index contributed by atoms with van der Waals surface area (Å²) in [5.74, 6) is -0.913. The van der Waals surface area contributed by atoms with Crippen LogP contribution in [0.3, 0.4) is 0 Å². The zero-order valence-electron chi connectivity index (χ0n) is 15.0. The fourth-order valence-electron chi connectivity index (χ4n) is 3.21. The predicted molar refractivity (Wildman–Crippen MR) is 102 cm³/mol. The molecule has 0 fully saturated rings. The number of amides is 3. The highest BCUT2D eigenvalue weighted by Gasteiger charge is 2.28. The quantitative estimate of drug-likeness (QED) is 0.811. The van der Waals surface area contributed by atoms with Crippen LogP contribution in [0, 0.1) is 0 Å². The van der Waals surface area contributed by atoms with Crippen molar-refractivity contribution in [3.8, 4) is 0 Å². The number of benzene rings is 2. The van der Waals surface area contributed by atoms with Gasteiger partial charge < -0.3 is 20.7 Å². The van der Waals surface area contributed by atoms with Gasteiger partial charge in [-0.15, -0.1) is 0 Å². The summed E-state index contributed by atoms with van der Waals surface area (Å²) in [5, 5.41) is 2.39. The summed E-state index contributed by atoms with van der Waals surface area (Å²) in [5.41, 5.74) is 7.64. The molecule has 7 nitrogen and oxygen atoms in total. The number of urea groups is 1. The van der Waals surface area contributed by atoms with E-state index in [0.717, 1.165) is 24.1 Å². The van der Waals surface area contributed by atoms with E-state index in [9.17, 15) is 14.4 Å². The van der Waals surface area contributed by atoms with Gasteiger partial charge in [-0.05, 0) is 49.6 Å². The first-order valence-electron chi connectivity index (χ1n) is 8.69. The van der Waals surface area contributed by atoms with Crippen LogP contribution in [0.1, 0.15) is 29.3 Å². The van der Waals surface area contributed by atoms with Crippen LogP contribution >= 0.6 is 0 Å². The van der Waals surface area contributed by atoms with Crippen molar-refractivity contribution < 1.29 is 19.1 Å². The average Bonchev–Trinajstić information content (AvgIpc) is 2.65. The second-order valence-electron chi connectivity index (χ2n) is 6.43. The first-order valence-corrected chi connectivity index (χ1v) is 8.69. The molecule has 2 aromatic carbocycles. The number of nitrogens with zero attached hydrogens (tertiary/aromatic N) is 1. The third-order valence-corrected chi connectivity index (χ3v) is 4.48. The minimum Gasteiger partial charge on any atom is -0.452 e. The van der Waals surface area contributed by atoms with Crippen molar-refractivity contribution in [2.24, 2.45) is 5.73 Å². The maximum absolute atomic E-state index is 12.7. The number of carbonyl (C=O) groups excluding carboxylic acids is 3. The van der Waals surface area contributed by atoms with Crippen molar-refractivity contribution in [1.29, 1.82) is 0 Å². The lowest BCUT2D eigenvalue weighted by Gasteiger charge is -2.35. The molecule has 1 atom stereocenters. The smallest absolute Gasteiger partial charge is 0.338 e. The van der Waals surface area contributed by atoms with E-state index in [2.05, 4.69) is 5.32 Å². The van der Waals surface area contributed by atoms with Gasteiger partial charge >= 0.3 is 12.0 Å². The number of ether oxygens (including phenoxy) is 1. The Morgan fingerprint density at radius 2 is 1.96 bits per heavy atom. The molecule has 0 radical (unpaired) electrons. The van der Waals surface area contributed by atoms with Crippen molar-refractivity contribution in [3.05, 3.63) is 59.7 Å². The van der Waals surface area contributed by atoms with Gasteiger partial charge in [0.25, 0.3) is 5.91 Å². The summed E-state index contributed by atoms with van der Waals surface area (Å²) >= 11 is 0. The first kappa shape index (κ1) is 18.4. The second-order valence-corrected chi connectivity index (χ2v) is 6.43. The van der Waals surface area contributed by atoms with Crippen LogP contribution < -0.4 is 16.0 Å². The van der Waals surface area contributed by atoms with Crippen molar-refractivity contribution >= 4 is 29.3 Å². The molecule has 3 amide bonds. The van der Waals surface area contributed by atoms with E-state index in [0.29, 0.717) is 5.69 Å². The summed E-state index contributed by atoms with van der Waals surface area (Å²) < 4.78 is 5.19. The Morgan fingerprint density at radius 3 is 2.74 bits per heavy atom. The summed E-state index contributed by atoms with van der Waals surface area (Å²) in [6.07, 6.45) is 1.78. The molecule has 140 valence electrons. The number of carbonyl (C=O) groups is 3. The highest BCUT2D eigenvalue weighted by molar-refractivity contribution is 5.99. The van der Waals surface area contributed by atoms with E-state index in [4.69, 9.17) is 10.5 Å². The fraction of sp³-hybridized carbons (Fsp3) is 0.250. The Hall–Kier alpha value is -3.35. The molecule has 0 spiro atoms. The largest absolute Gasteiger partial charge is 0.452 e. The topological polar surface area (TPSA) is 102 Å². The molecule has 0 saturated carbocycles. The standard InChI is InChI=1S/C20H21N3O4/c1-13-9-10-14-5-2-3-8-17(14)23(13)18(24)12-27-19(25)15-6-4-7-16(11-15)22-20(21)26/h2-8,11,13H,9-10,12H2,1H3,(H3,21,22,26)/t13-/m0/s1. The third-order valence-electron chi connectivity index (χ3n) is 4.48. The third kappa shape index (κ3) is 4.25. The molecule has 1 heterocycles. The normalized spacial score (nSPS) is 15.6. The lowest BCUT2D eigenvalue weighted by molar-refractivity contribution is -0.122. The number of fused-ring (bicyclic) bond motifs is 1. The second kappa shape index (κ2) is 7.90. The number of rotatable bonds is 4. The monoisotopic (exact) mass is 367 g/mol. The van der Waals surface area contributed by atoms with Gasteiger partial charge in [0, 0.05) is 17.4 Å². The van der Waals surface area contributed by atoms with Gasteiger partial charge in [-0.2, -0.15) is 0 Å². The van der Waals surface area contributed by atoms with E-state index < -0.39 is 12.0 Å². The number of primary amides is 1. The van der Waals surface area contributed by atoms with Crippen LogP contribution in [-0.4, -0.2) is 30.6 Å². The maximum Gasteiger partial charge on any atom is 0.338 e.